The third-order valence-electron chi connectivity index (χ3n) is 5.88. The summed E-state index contributed by atoms with van der Waals surface area (Å²) in [7, 11) is 0. The lowest BCUT2D eigenvalue weighted by Crippen LogP contribution is -2.36. The highest BCUT2D eigenvalue weighted by Crippen LogP contribution is 2.41. The number of nitrogens with zero attached hydrogens (tertiary/aromatic N) is 4. The Morgan fingerprint density at radius 2 is 1.77 bits per heavy atom. The van der Waals surface area contributed by atoms with E-state index in [1.165, 1.54) is 44.2 Å². The summed E-state index contributed by atoms with van der Waals surface area (Å²) in [5.41, 5.74) is 1.18. The van der Waals surface area contributed by atoms with E-state index in [0.717, 1.165) is 31.6 Å². The molecule has 2 aliphatic carbocycles. The van der Waals surface area contributed by atoms with E-state index in [9.17, 15) is 5.11 Å². The van der Waals surface area contributed by atoms with Crippen LogP contribution in [0.25, 0.3) is 0 Å². The fourth-order valence-electron chi connectivity index (χ4n) is 4.65. The van der Waals surface area contributed by atoms with E-state index in [0.29, 0.717) is 12.0 Å². The number of aliphatic hydroxyl groups excluding tert-OH is 1. The summed E-state index contributed by atoms with van der Waals surface area (Å²) in [6.45, 7) is 0. The standard InChI is InChI=1S/C17H26N4O/c22-16-9-5-4-8-13(16)14-10-15(12-6-2-1-3-7-12)21-17(20-14)18-11-19-21/h11-13,15-16,22H,1-10H2. The maximum absolute atomic E-state index is 10.4. The third kappa shape index (κ3) is 2.60. The SMILES string of the molecule is OC1CCCCC1C1=Nc2ncnn2C(C2CCCCC2)C1. The van der Waals surface area contributed by atoms with Crippen LogP contribution in [0.3, 0.4) is 0 Å². The van der Waals surface area contributed by atoms with E-state index in [1.807, 2.05) is 0 Å². The van der Waals surface area contributed by atoms with Crippen LogP contribution in [0.1, 0.15) is 70.3 Å². The Morgan fingerprint density at radius 3 is 2.59 bits per heavy atom. The maximum Gasteiger partial charge on any atom is 0.247 e. The number of aliphatic imine (C=N–C) groups is 1. The molecule has 1 aliphatic heterocycles. The fraction of sp³-hybridized carbons (Fsp3) is 0.824. The molecule has 4 rings (SSSR count). The van der Waals surface area contributed by atoms with Crippen LogP contribution in [0.4, 0.5) is 5.95 Å². The number of fused-ring (bicyclic) bond motifs is 1. The van der Waals surface area contributed by atoms with Crippen LogP contribution in [0.15, 0.2) is 11.3 Å². The summed E-state index contributed by atoms with van der Waals surface area (Å²) in [5.74, 6) is 1.69. The van der Waals surface area contributed by atoms with Gasteiger partial charge >= 0.3 is 0 Å². The first-order valence-electron chi connectivity index (χ1n) is 8.98. The lowest BCUT2D eigenvalue weighted by Gasteiger charge is -2.36. The molecule has 0 aromatic carbocycles. The maximum atomic E-state index is 10.4. The molecule has 3 unspecified atom stereocenters. The Labute approximate surface area is 131 Å². The number of aromatic nitrogens is 3. The van der Waals surface area contributed by atoms with Gasteiger partial charge in [0, 0.05) is 18.1 Å². The second kappa shape index (κ2) is 6.11. The van der Waals surface area contributed by atoms with Gasteiger partial charge in [0.15, 0.2) is 0 Å². The van der Waals surface area contributed by atoms with Crippen LogP contribution in [0.2, 0.25) is 0 Å². The second-order valence-electron chi connectivity index (χ2n) is 7.24. The number of hydrogen-bond donors (Lipinski definition) is 1. The molecule has 2 fully saturated rings. The van der Waals surface area contributed by atoms with Crippen molar-refractivity contribution in [1.29, 1.82) is 0 Å². The lowest BCUT2D eigenvalue weighted by atomic mass is 9.77. The normalized spacial score (nSPS) is 33.3. The minimum atomic E-state index is -0.214. The van der Waals surface area contributed by atoms with E-state index in [4.69, 9.17) is 4.99 Å². The van der Waals surface area contributed by atoms with Crippen molar-refractivity contribution in [3.05, 3.63) is 6.33 Å². The monoisotopic (exact) mass is 302 g/mol. The van der Waals surface area contributed by atoms with Gasteiger partial charge in [0.25, 0.3) is 0 Å². The first kappa shape index (κ1) is 14.4. The van der Waals surface area contributed by atoms with E-state index in [1.54, 1.807) is 6.33 Å². The summed E-state index contributed by atoms with van der Waals surface area (Å²) < 4.78 is 2.05. The van der Waals surface area contributed by atoms with Gasteiger partial charge in [-0.1, -0.05) is 32.1 Å². The summed E-state index contributed by atoms with van der Waals surface area (Å²) >= 11 is 0. The molecule has 3 aliphatic rings. The zero-order valence-electron chi connectivity index (χ0n) is 13.2. The van der Waals surface area contributed by atoms with E-state index in [2.05, 4.69) is 14.8 Å². The molecule has 0 saturated heterocycles. The first-order valence-corrected chi connectivity index (χ1v) is 8.98. The molecule has 2 saturated carbocycles. The molecule has 1 N–H and O–H groups in total. The van der Waals surface area contributed by atoms with Crippen molar-refractivity contribution in [1.82, 2.24) is 14.8 Å². The molecule has 2 heterocycles. The summed E-state index contributed by atoms with van der Waals surface area (Å²) in [5, 5.41) is 14.8. The van der Waals surface area contributed by atoms with E-state index in [-0.39, 0.29) is 12.0 Å². The average Bonchev–Trinajstić information content (AvgIpc) is 3.03. The predicted octanol–water partition coefficient (Wildman–Crippen LogP) is 3.43. The molecule has 0 bridgehead atoms. The quantitative estimate of drug-likeness (QED) is 0.910. The topological polar surface area (TPSA) is 63.3 Å². The molecule has 1 aromatic rings. The molecular weight excluding hydrogens is 276 g/mol. The smallest absolute Gasteiger partial charge is 0.247 e. The van der Waals surface area contributed by atoms with Crippen LogP contribution < -0.4 is 0 Å². The van der Waals surface area contributed by atoms with Crippen LogP contribution in [-0.2, 0) is 0 Å². The van der Waals surface area contributed by atoms with Gasteiger partial charge in [0.1, 0.15) is 6.33 Å². The van der Waals surface area contributed by atoms with Gasteiger partial charge in [-0.05, 0) is 31.6 Å². The van der Waals surface area contributed by atoms with E-state index >= 15 is 0 Å². The zero-order valence-corrected chi connectivity index (χ0v) is 13.2. The molecule has 0 spiro atoms. The Hall–Kier alpha value is -1.23. The summed E-state index contributed by atoms with van der Waals surface area (Å²) in [6, 6.07) is 0.402. The fourth-order valence-corrected chi connectivity index (χ4v) is 4.65. The van der Waals surface area contributed by atoms with Crippen molar-refractivity contribution in [2.24, 2.45) is 16.8 Å². The average molecular weight is 302 g/mol. The highest BCUT2D eigenvalue weighted by molar-refractivity contribution is 5.90. The van der Waals surface area contributed by atoms with Gasteiger partial charge in [-0.3, -0.25) is 0 Å². The minimum Gasteiger partial charge on any atom is -0.392 e. The van der Waals surface area contributed by atoms with Crippen molar-refractivity contribution < 1.29 is 5.11 Å². The van der Waals surface area contributed by atoms with Crippen molar-refractivity contribution >= 4 is 11.7 Å². The predicted molar refractivity (Wildman–Crippen MR) is 85.3 cm³/mol. The van der Waals surface area contributed by atoms with Crippen LogP contribution in [0, 0.1) is 11.8 Å². The summed E-state index contributed by atoms with van der Waals surface area (Å²) in [4.78, 5) is 9.13. The molecule has 22 heavy (non-hydrogen) atoms. The van der Waals surface area contributed by atoms with Gasteiger partial charge in [-0.15, -0.1) is 0 Å². The Bertz CT molecular complexity index is 547. The van der Waals surface area contributed by atoms with Crippen LogP contribution in [-0.4, -0.2) is 31.7 Å². The van der Waals surface area contributed by atoms with Crippen molar-refractivity contribution in [2.75, 3.05) is 0 Å². The van der Waals surface area contributed by atoms with Crippen molar-refractivity contribution in [3.63, 3.8) is 0 Å². The highest BCUT2D eigenvalue weighted by atomic mass is 16.3. The molecule has 0 amide bonds. The van der Waals surface area contributed by atoms with E-state index < -0.39 is 0 Å². The van der Waals surface area contributed by atoms with Crippen LogP contribution >= 0.6 is 0 Å². The molecule has 5 heteroatoms. The zero-order chi connectivity index (χ0) is 14.9. The van der Waals surface area contributed by atoms with Crippen molar-refractivity contribution in [3.8, 4) is 0 Å². The third-order valence-corrected chi connectivity index (χ3v) is 5.88. The molecule has 1 aromatic heterocycles. The number of rotatable bonds is 2. The second-order valence-corrected chi connectivity index (χ2v) is 7.24. The van der Waals surface area contributed by atoms with Gasteiger partial charge < -0.3 is 5.11 Å². The molecule has 5 nitrogen and oxygen atoms in total. The van der Waals surface area contributed by atoms with Crippen molar-refractivity contribution in [2.45, 2.75) is 76.4 Å². The molecular formula is C17H26N4O. The highest BCUT2D eigenvalue weighted by Gasteiger charge is 2.36. The Kier molecular flexibility index (Phi) is 3.99. The lowest BCUT2D eigenvalue weighted by molar-refractivity contribution is 0.0986. The number of aliphatic hydroxyl groups is 1. The van der Waals surface area contributed by atoms with Gasteiger partial charge in [-0.25, -0.2) is 9.67 Å². The Morgan fingerprint density at radius 1 is 1.00 bits per heavy atom. The molecule has 0 radical (unpaired) electrons. The van der Waals surface area contributed by atoms with Crippen LogP contribution in [0.5, 0.6) is 0 Å². The first-order chi connectivity index (χ1) is 10.8. The largest absolute Gasteiger partial charge is 0.392 e. The minimum absolute atomic E-state index is 0.214. The number of hydrogen-bond acceptors (Lipinski definition) is 4. The molecule has 120 valence electrons. The summed E-state index contributed by atoms with van der Waals surface area (Å²) in [6.07, 6.45) is 13.4. The molecule has 3 atom stereocenters. The van der Waals surface area contributed by atoms with Gasteiger partial charge in [0.05, 0.1) is 12.1 Å². The van der Waals surface area contributed by atoms with Gasteiger partial charge in [-0.2, -0.15) is 10.1 Å². The Balaban J connectivity index is 1.61. The van der Waals surface area contributed by atoms with Gasteiger partial charge in [0.2, 0.25) is 5.95 Å².